The number of benzene rings is 1. The third-order valence-electron chi connectivity index (χ3n) is 2.68. The van der Waals surface area contributed by atoms with Gasteiger partial charge in [-0.3, -0.25) is 0 Å². The number of halogens is 1. The largest absolute Gasteiger partial charge is 0.436 e. The number of fused-ring (bicyclic) bond motifs is 1. The highest BCUT2D eigenvalue weighted by molar-refractivity contribution is 9.10. The molecule has 0 unspecified atom stereocenters. The van der Waals surface area contributed by atoms with E-state index >= 15 is 0 Å². The van der Waals surface area contributed by atoms with Crippen molar-refractivity contribution < 1.29 is 4.74 Å². The molecule has 0 aliphatic heterocycles. The second-order valence-corrected chi connectivity index (χ2v) is 4.90. The number of nitrogen functional groups attached to an aromatic ring is 1. The number of hydrogen-bond acceptors (Lipinski definition) is 4. The van der Waals surface area contributed by atoms with Gasteiger partial charge in [0.1, 0.15) is 11.3 Å². The molecule has 2 aromatic heterocycles. The number of anilines is 1. The van der Waals surface area contributed by atoms with Gasteiger partial charge >= 0.3 is 0 Å². The fourth-order valence-electron chi connectivity index (χ4n) is 1.81. The van der Waals surface area contributed by atoms with Crippen LogP contribution in [-0.2, 0) is 0 Å². The topological polar surface area (TPSA) is 65.4 Å². The molecule has 0 saturated heterocycles. The molecule has 2 heterocycles. The van der Waals surface area contributed by atoms with Gasteiger partial charge < -0.3 is 10.5 Å². The maximum Gasteiger partial charge on any atom is 0.245 e. The lowest BCUT2D eigenvalue weighted by atomic mass is 10.3. The first-order valence-corrected chi connectivity index (χ1v) is 6.47. The molecule has 2 N–H and O–H groups in total. The Morgan fingerprint density at radius 1 is 1.37 bits per heavy atom. The summed E-state index contributed by atoms with van der Waals surface area (Å²) in [4.78, 5) is 4.24. The molecule has 3 rings (SSSR count). The summed E-state index contributed by atoms with van der Waals surface area (Å²) in [6, 6.07) is 7.38. The van der Waals surface area contributed by atoms with E-state index in [-0.39, 0.29) is 0 Å². The number of aromatic nitrogens is 3. The van der Waals surface area contributed by atoms with E-state index in [2.05, 4.69) is 26.0 Å². The molecule has 96 valence electrons. The summed E-state index contributed by atoms with van der Waals surface area (Å²) in [5.41, 5.74) is 8.17. The summed E-state index contributed by atoms with van der Waals surface area (Å²) in [7, 11) is 0. The normalized spacial score (nSPS) is 10.8. The Labute approximate surface area is 118 Å². The van der Waals surface area contributed by atoms with Crippen molar-refractivity contribution in [2.75, 3.05) is 5.73 Å². The van der Waals surface area contributed by atoms with Crippen LogP contribution < -0.4 is 10.5 Å². The van der Waals surface area contributed by atoms with Gasteiger partial charge in [0, 0.05) is 18.1 Å². The number of nitrogens with zero attached hydrogens (tertiary/aromatic N) is 3. The quantitative estimate of drug-likeness (QED) is 0.737. The molecule has 19 heavy (non-hydrogen) atoms. The van der Waals surface area contributed by atoms with Gasteiger partial charge in [-0.1, -0.05) is 6.07 Å². The van der Waals surface area contributed by atoms with E-state index in [9.17, 15) is 0 Å². The molecule has 3 aromatic rings. The Kier molecular flexibility index (Phi) is 2.87. The molecular weight excluding hydrogens is 308 g/mol. The zero-order valence-corrected chi connectivity index (χ0v) is 11.8. The maximum atomic E-state index is 5.83. The van der Waals surface area contributed by atoms with Crippen LogP contribution >= 0.6 is 15.9 Å². The molecule has 0 aliphatic carbocycles. The van der Waals surface area contributed by atoms with Crippen molar-refractivity contribution in [3.05, 3.63) is 46.8 Å². The monoisotopic (exact) mass is 318 g/mol. The SMILES string of the molecule is Cc1cc2c(Oc3cccc(N)c3Br)nccn2n1. The Bertz CT molecular complexity index is 753. The van der Waals surface area contributed by atoms with Crippen molar-refractivity contribution in [3.63, 3.8) is 0 Å². The van der Waals surface area contributed by atoms with Gasteiger partial charge in [-0.05, 0) is 41.1 Å². The van der Waals surface area contributed by atoms with E-state index in [0.29, 0.717) is 17.3 Å². The molecule has 5 nitrogen and oxygen atoms in total. The van der Waals surface area contributed by atoms with E-state index in [1.807, 2.05) is 25.1 Å². The zero-order chi connectivity index (χ0) is 13.4. The van der Waals surface area contributed by atoms with E-state index in [1.165, 1.54) is 0 Å². The van der Waals surface area contributed by atoms with Crippen LogP contribution in [0.1, 0.15) is 5.69 Å². The van der Waals surface area contributed by atoms with Gasteiger partial charge in [-0.25, -0.2) is 9.50 Å². The van der Waals surface area contributed by atoms with Crippen LogP contribution in [0.2, 0.25) is 0 Å². The second kappa shape index (κ2) is 4.55. The summed E-state index contributed by atoms with van der Waals surface area (Å²) < 4.78 is 8.27. The van der Waals surface area contributed by atoms with Gasteiger partial charge in [0.2, 0.25) is 5.88 Å². The van der Waals surface area contributed by atoms with Crippen LogP contribution in [0.25, 0.3) is 5.52 Å². The highest BCUT2D eigenvalue weighted by Gasteiger charge is 2.10. The van der Waals surface area contributed by atoms with E-state index in [1.54, 1.807) is 23.0 Å². The maximum absolute atomic E-state index is 5.83. The second-order valence-electron chi connectivity index (χ2n) is 4.11. The van der Waals surface area contributed by atoms with Crippen molar-refractivity contribution in [3.8, 4) is 11.6 Å². The fraction of sp³-hybridized carbons (Fsp3) is 0.0769. The Morgan fingerprint density at radius 3 is 3.05 bits per heavy atom. The lowest BCUT2D eigenvalue weighted by Crippen LogP contribution is -1.95. The lowest BCUT2D eigenvalue weighted by Gasteiger charge is -2.08. The van der Waals surface area contributed by atoms with Gasteiger partial charge in [-0.15, -0.1) is 0 Å². The molecule has 0 fully saturated rings. The van der Waals surface area contributed by atoms with Crippen molar-refractivity contribution >= 4 is 27.1 Å². The van der Waals surface area contributed by atoms with Gasteiger partial charge in [0.15, 0.2) is 0 Å². The molecule has 1 aromatic carbocycles. The third kappa shape index (κ3) is 2.15. The number of ether oxygens (including phenoxy) is 1. The molecule has 0 radical (unpaired) electrons. The summed E-state index contributed by atoms with van der Waals surface area (Å²) in [5.74, 6) is 1.12. The predicted molar refractivity (Wildman–Crippen MR) is 76.4 cm³/mol. The molecular formula is C13H11BrN4O. The first-order chi connectivity index (χ1) is 9.15. The average Bonchev–Trinajstić information content (AvgIpc) is 2.76. The highest BCUT2D eigenvalue weighted by atomic mass is 79.9. The van der Waals surface area contributed by atoms with Crippen LogP contribution in [0.15, 0.2) is 41.1 Å². The van der Waals surface area contributed by atoms with Gasteiger partial charge in [0.05, 0.1) is 10.2 Å². The Morgan fingerprint density at radius 2 is 2.21 bits per heavy atom. The molecule has 0 aliphatic rings. The van der Waals surface area contributed by atoms with Crippen LogP contribution in [0.5, 0.6) is 11.6 Å². The molecule has 0 bridgehead atoms. The zero-order valence-electron chi connectivity index (χ0n) is 10.2. The fourth-order valence-corrected chi connectivity index (χ4v) is 2.15. The van der Waals surface area contributed by atoms with E-state index in [4.69, 9.17) is 10.5 Å². The van der Waals surface area contributed by atoms with Gasteiger partial charge in [-0.2, -0.15) is 5.10 Å². The first kappa shape index (κ1) is 12.0. The minimum atomic E-state index is 0.495. The van der Waals surface area contributed by atoms with Crippen LogP contribution in [0.4, 0.5) is 5.69 Å². The first-order valence-electron chi connectivity index (χ1n) is 5.68. The van der Waals surface area contributed by atoms with E-state index in [0.717, 1.165) is 15.7 Å². The Balaban J connectivity index is 2.08. The Hall–Kier alpha value is -2.08. The van der Waals surface area contributed by atoms with E-state index < -0.39 is 0 Å². The van der Waals surface area contributed by atoms with Crippen molar-refractivity contribution in [1.29, 1.82) is 0 Å². The summed E-state index contributed by atoms with van der Waals surface area (Å²) in [6.45, 7) is 1.92. The average molecular weight is 319 g/mol. The lowest BCUT2D eigenvalue weighted by molar-refractivity contribution is 0.463. The summed E-state index contributed by atoms with van der Waals surface area (Å²) in [5, 5.41) is 4.32. The van der Waals surface area contributed by atoms with Crippen LogP contribution in [0.3, 0.4) is 0 Å². The summed E-state index contributed by atoms with van der Waals surface area (Å²) >= 11 is 3.41. The van der Waals surface area contributed by atoms with Crippen LogP contribution in [-0.4, -0.2) is 14.6 Å². The molecule has 0 saturated carbocycles. The number of rotatable bonds is 2. The molecule has 6 heteroatoms. The number of hydrogen-bond donors (Lipinski definition) is 1. The van der Waals surface area contributed by atoms with Crippen LogP contribution in [0, 0.1) is 6.92 Å². The van der Waals surface area contributed by atoms with Crippen molar-refractivity contribution in [2.45, 2.75) is 6.92 Å². The predicted octanol–water partition coefficient (Wildman–Crippen LogP) is 3.17. The van der Waals surface area contributed by atoms with Crippen molar-refractivity contribution in [2.24, 2.45) is 0 Å². The van der Waals surface area contributed by atoms with Crippen molar-refractivity contribution in [1.82, 2.24) is 14.6 Å². The molecule has 0 spiro atoms. The standard InChI is InChI=1S/C13H11BrN4O/c1-8-7-10-13(16-5-6-18(10)17-8)19-11-4-2-3-9(15)12(11)14/h2-7H,15H2,1H3. The third-order valence-corrected chi connectivity index (χ3v) is 3.53. The number of nitrogens with two attached hydrogens (primary N) is 1. The minimum Gasteiger partial charge on any atom is -0.436 e. The van der Waals surface area contributed by atoms with Gasteiger partial charge in [0.25, 0.3) is 0 Å². The molecule has 0 amide bonds. The molecule has 0 atom stereocenters. The minimum absolute atomic E-state index is 0.495. The smallest absolute Gasteiger partial charge is 0.245 e. The summed E-state index contributed by atoms with van der Waals surface area (Å²) in [6.07, 6.45) is 3.43. The highest BCUT2D eigenvalue weighted by Crippen LogP contribution is 2.34. The number of aryl methyl sites for hydroxylation is 1.